The lowest BCUT2D eigenvalue weighted by molar-refractivity contribution is -0.122. The summed E-state index contributed by atoms with van der Waals surface area (Å²) in [6, 6.07) is 24.7. The van der Waals surface area contributed by atoms with Gasteiger partial charge in [0.2, 0.25) is 5.91 Å². The highest BCUT2D eigenvalue weighted by Gasteiger charge is 2.44. The standard InChI is InChI=1S/C25H22N2O3/c1-18-12-14-20(15-13-18)24(29)26(17-19-8-4-2-5-9-19)22-16-23(28)27(25(22)30)21-10-6-3-7-11-21/h2-15,22H,16-17H2,1H3. The first-order valence-electron chi connectivity index (χ1n) is 9.88. The van der Waals surface area contributed by atoms with Gasteiger partial charge in [-0.25, -0.2) is 4.90 Å². The monoisotopic (exact) mass is 398 g/mol. The molecular formula is C25H22N2O3. The van der Waals surface area contributed by atoms with E-state index < -0.39 is 6.04 Å². The number of anilines is 1. The second kappa shape index (κ2) is 8.33. The van der Waals surface area contributed by atoms with Crippen molar-refractivity contribution >= 4 is 23.4 Å². The molecular weight excluding hydrogens is 376 g/mol. The van der Waals surface area contributed by atoms with Gasteiger partial charge in [-0.2, -0.15) is 0 Å². The molecule has 0 radical (unpaired) electrons. The minimum atomic E-state index is -0.841. The van der Waals surface area contributed by atoms with E-state index in [1.807, 2.05) is 55.5 Å². The lowest BCUT2D eigenvalue weighted by Crippen LogP contribution is -2.45. The molecule has 0 spiro atoms. The van der Waals surface area contributed by atoms with Crippen molar-refractivity contribution in [3.63, 3.8) is 0 Å². The maximum atomic E-state index is 13.4. The molecule has 1 aliphatic rings. The molecule has 5 heteroatoms. The Balaban J connectivity index is 1.68. The Morgan fingerprint density at radius 1 is 0.900 bits per heavy atom. The Labute approximate surface area is 175 Å². The largest absolute Gasteiger partial charge is 0.322 e. The minimum Gasteiger partial charge on any atom is -0.322 e. The van der Waals surface area contributed by atoms with Crippen molar-refractivity contribution in [2.45, 2.75) is 25.9 Å². The van der Waals surface area contributed by atoms with Crippen molar-refractivity contribution in [3.05, 3.63) is 102 Å². The van der Waals surface area contributed by atoms with Crippen LogP contribution in [0.5, 0.6) is 0 Å². The van der Waals surface area contributed by atoms with Crippen LogP contribution in [0.1, 0.15) is 27.9 Å². The van der Waals surface area contributed by atoms with Crippen LogP contribution in [0.2, 0.25) is 0 Å². The van der Waals surface area contributed by atoms with Crippen molar-refractivity contribution in [1.82, 2.24) is 4.90 Å². The number of hydrogen-bond acceptors (Lipinski definition) is 3. The number of benzene rings is 3. The molecule has 1 atom stereocenters. The van der Waals surface area contributed by atoms with E-state index in [2.05, 4.69) is 0 Å². The topological polar surface area (TPSA) is 57.7 Å². The van der Waals surface area contributed by atoms with Crippen LogP contribution < -0.4 is 4.90 Å². The van der Waals surface area contributed by atoms with Crippen LogP contribution in [0.15, 0.2) is 84.9 Å². The maximum absolute atomic E-state index is 13.4. The average molecular weight is 398 g/mol. The van der Waals surface area contributed by atoms with Gasteiger partial charge in [-0.05, 0) is 36.8 Å². The SMILES string of the molecule is Cc1ccc(C(=O)N(Cc2ccccc2)C2CC(=O)N(c3ccccc3)C2=O)cc1. The van der Waals surface area contributed by atoms with E-state index in [4.69, 9.17) is 0 Å². The summed E-state index contributed by atoms with van der Waals surface area (Å²) in [7, 11) is 0. The first-order valence-corrected chi connectivity index (χ1v) is 9.88. The molecule has 0 aromatic heterocycles. The number of nitrogens with zero attached hydrogens (tertiary/aromatic N) is 2. The van der Waals surface area contributed by atoms with Gasteiger partial charge in [0.15, 0.2) is 0 Å². The van der Waals surface area contributed by atoms with Gasteiger partial charge in [0.25, 0.3) is 11.8 Å². The van der Waals surface area contributed by atoms with Crippen molar-refractivity contribution < 1.29 is 14.4 Å². The molecule has 1 unspecified atom stereocenters. The molecule has 0 N–H and O–H groups in total. The number of imide groups is 1. The molecule has 1 fully saturated rings. The van der Waals surface area contributed by atoms with Crippen molar-refractivity contribution in [1.29, 1.82) is 0 Å². The highest BCUT2D eigenvalue weighted by Crippen LogP contribution is 2.27. The Hall–Kier alpha value is -3.73. The molecule has 0 bridgehead atoms. The molecule has 3 aromatic carbocycles. The molecule has 1 heterocycles. The predicted octanol–water partition coefficient (Wildman–Crippen LogP) is 3.97. The first kappa shape index (κ1) is 19.6. The molecule has 5 nitrogen and oxygen atoms in total. The third-order valence-electron chi connectivity index (χ3n) is 5.27. The number of carbonyl (C=O) groups excluding carboxylic acids is 3. The van der Waals surface area contributed by atoms with Gasteiger partial charge in [0.1, 0.15) is 6.04 Å². The van der Waals surface area contributed by atoms with E-state index in [0.717, 1.165) is 11.1 Å². The third-order valence-corrected chi connectivity index (χ3v) is 5.27. The molecule has 1 aliphatic heterocycles. The van der Waals surface area contributed by atoms with Crippen LogP contribution in [0.25, 0.3) is 0 Å². The van der Waals surface area contributed by atoms with Gasteiger partial charge < -0.3 is 4.90 Å². The summed E-state index contributed by atoms with van der Waals surface area (Å²) in [5.74, 6) is -0.937. The smallest absolute Gasteiger partial charge is 0.257 e. The number of rotatable bonds is 5. The van der Waals surface area contributed by atoms with E-state index in [9.17, 15) is 14.4 Å². The van der Waals surface area contributed by atoms with Gasteiger partial charge in [0.05, 0.1) is 12.1 Å². The van der Waals surface area contributed by atoms with Crippen LogP contribution in [0.3, 0.4) is 0 Å². The van der Waals surface area contributed by atoms with E-state index in [1.54, 1.807) is 36.4 Å². The lowest BCUT2D eigenvalue weighted by atomic mass is 10.1. The van der Waals surface area contributed by atoms with Gasteiger partial charge >= 0.3 is 0 Å². The first-order chi connectivity index (χ1) is 14.5. The fourth-order valence-electron chi connectivity index (χ4n) is 3.67. The molecule has 150 valence electrons. The quantitative estimate of drug-likeness (QED) is 0.611. The second-order valence-corrected chi connectivity index (χ2v) is 7.41. The van der Waals surface area contributed by atoms with Crippen LogP contribution in [0.4, 0.5) is 5.69 Å². The van der Waals surface area contributed by atoms with E-state index in [-0.39, 0.29) is 30.7 Å². The molecule has 30 heavy (non-hydrogen) atoms. The van der Waals surface area contributed by atoms with Crippen LogP contribution in [-0.4, -0.2) is 28.7 Å². The summed E-state index contributed by atoms with van der Waals surface area (Å²) >= 11 is 0. The summed E-state index contributed by atoms with van der Waals surface area (Å²) in [6.07, 6.45) is -0.0296. The van der Waals surface area contributed by atoms with Crippen LogP contribution in [0, 0.1) is 6.92 Å². The summed E-state index contributed by atoms with van der Waals surface area (Å²) < 4.78 is 0. The number of amides is 3. The Kier molecular flexibility index (Phi) is 5.44. The summed E-state index contributed by atoms with van der Waals surface area (Å²) in [5, 5.41) is 0. The molecule has 0 saturated carbocycles. The van der Waals surface area contributed by atoms with Crippen molar-refractivity contribution in [2.75, 3.05) is 4.90 Å². The van der Waals surface area contributed by atoms with E-state index in [0.29, 0.717) is 11.3 Å². The zero-order valence-electron chi connectivity index (χ0n) is 16.7. The molecule has 4 rings (SSSR count). The van der Waals surface area contributed by atoms with Crippen molar-refractivity contribution in [3.8, 4) is 0 Å². The Bertz CT molecular complexity index is 1060. The van der Waals surface area contributed by atoms with E-state index >= 15 is 0 Å². The highest BCUT2D eigenvalue weighted by molar-refractivity contribution is 6.23. The minimum absolute atomic E-state index is 0.0296. The highest BCUT2D eigenvalue weighted by atomic mass is 16.2. The van der Waals surface area contributed by atoms with Gasteiger partial charge in [-0.1, -0.05) is 66.2 Å². The van der Waals surface area contributed by atoms with Gasteiger partial charge in [0, 0.05) is 12.1 Å². The molecule has 0 aliphatic carbocycles. The molecule has 1 saturated heterocycles. The molecule has 3 amide bonds. The van der Waals surface area contributed by atoms with E-state index in [1.165, 1.54) is 9.80 Å². The Morgan fingerprint density at radius 3 is 2.13 bits per heavy atom. The average Bonchev–Trinajstić information content (AvgIpc) is 3.07. The van der Waals surface area contributed by atoms with Crippen LogP contribution in [-0.2, 0) is 16.1 Å². The number of hydrogen-bond donors (Lipinski definition) is 0. The normalized spacial score (nSPS) is 16.0. The summed E-state index contributed by atoms with van der Waals surface area (Å²) in [6.45, 7) is 2.20. The second-order valence-electron chi connectivity index (χ2n) is 7.41. The fraction of sp³-hybridized carbons (Fsp3) is 0.160. The van der Waals surface area contributed by atoms with Gasteiger partial charge in [-0.15, -0.1) is 0 Å². The number of aryl methyl sites for hydroxylation is 1. The fourth-order valence-corrected chi connectivity index (χ4v) is 3.67. The van der Waals surface area contributed by atoms with Crippen LogP contribution >= 0.6 is 0 Å². The zero-order valence-corrected chi connectivity index (χ0v) is 16.7. The Morgan fingerprint density at radius 2 is 1.50 bits per heavy atom. The molecule has 3 aromatic rings. The van der Waals surface area contributed by atoms with Crippen molar-refractivity contribution in [2.24, 2.45) is 0 Å². The summed E-state index contributed by atoms with van der Waals surface area (Å²) in [5.41, 5.74) is 2.97. The van der Waals surface area contributed by atoms with Gasteiger partial charge in [-0.3, -0.25) is 14.4 Å². The predicted molar refractivity (Wildman–Crippen MR) is 115 cm³/mol. The number of para-hydroxylation sites is 1. The summed E-state index contributed by atoms with van der Waals surface area (Å²) in [4.78, 5) is 42.1. The third kappa shape index (κ3) is 3.87. The maximum Gasteiger partial charge on any atom is 0.257 e. The lowest BCUT2D eigenvalue weighted by Gasteiger charge is -2.28. The zero-order chi connectivity index (χ0) is 21.1. The number of carbonyl (C=O) groups is 3.